The van der Waals surface area contributed by atoms with E-state index in [2.05, 4.69) is 10.6 Å². The summed E-state index contributed by atoms with van der Waals surface area (Å²) < 4.78 is 11.2. The van der Waals surface area contributed by atoms with Gasteiger partial charge in [-0.1, -0.05) is 49.2 Å². The zero-order valence-corrected chi connectivity index (χ0v) is 17.8. The normalized spacial score (nSPS) is 16.0. The first-order valence-corrected chi connectivity index (χ1v) is 10.3. The van der Waals surface area contributed by atoms with E-state index in [9.17, 15) is 9.59 Å². The second-order valence-electron chi connectivity index (χ2n) is 6.88. The summed E-state index contributed by atoms with van der Waals surface area (Å²) in [6.07, 6.45) is 1.36. The Morgan fingerprint density at radius 3 is 2.60 bits per heavy atom. The summed E-state index contributed by atoms with van der Waals surface area (Å²) in [6, 6.07) is 13.8. The third-order valence-corrected chi connectivity index (χ3v) is 4.91. The molecule has 0 bridgehead atoms. The fourth-order valence-corrected chi connectivity index (χ4v) is 3.42. The molecule has 3 rings (SSSR count). The summed E-state index contributed by atoms with van der Waals surface area (Å²) in [5.74, 6) is 0.196. The summed E-state index contributed by atoms with van der Waals surface area (Å²) in [5.41, 5.74) is 2.75. The number of urea groups is 1. The molecule has 7 heteroatoms. The monoisotopic (exact) mass is 428 g/mol. The van der Waals surface area contributed by atoms with Gasteiger partial charge in [-0.25, -0.2) is 9.59 Å². The summed E-state index contributed by atoms with van der Waals surface area (Å²) >= 11 is 5.92. The average molecular weight is 429 g/mol. The van der Waals surface area contributed by atoms with Gasteiger partial charge < -0.3 is 20.1 Å². The van der Waals surface area contributed by atoms with Crippen molar-refractivity contribution in [3.05, 3.63) is 76.0 Å². The van der Waals surface area contributed by atoms with Crippen LogP contribution in [0.25, 0.3) is 0 Å². The predicted molar refractivity (Wildman–Crippen MR) is 115 cm³/mol. The van der Waals surface area contributed by atoms with E-state index in [0.29, 0.717) is 35.1 Å². The Labute approximate surface area is 181 Å². The van der Waals surface area contributed by atoms with Crippen molar-refractivity contribution in [1.82, 2.24) is 10.6 Å². The average Bonchev–Trinajstić information content (AvgIpc) is 2.73. The van der Waals surface area contributed by atoms with E-state index in [1.807, 2.05) is 55.5 Å². The molecule has 158 valence electrons. The lowest BCUT2D eigenvalue weighted by Crippen LogP contribution is -2.46. The fraction of sp³-hybridized carbons (Fsp3) is 0.304. The molecule has 2 amide bonds. The minimum atomic E-state index is -0.613. The third-order valence-electron chi connectivity index (χ3n) is 4.66. The van der Waals surface area contributed by atoms with E-state index in [1.165, 1.54) is 0 Å². The molecule has 0 fully saturated rings. The Hall–Kier alpha value is -2.99. The second-order valence-corrected chi connectivity index (χ2v) is 7.32. The van der Waals surface area contributed by atoms with Crippen LogP contribution in [0.1, 0.15) is 43.9 Å². The van der Waals surface area contributed by atoms with E-state index in [1.54, 1.807) is 6.92 Å². The highest BCUT2D eigenvalue weighted by Gasteiger charge is 2.33. The molecule has 0 spiro atoms. The van der Waals surface area contributed by atoms with Crippen molar-refractivity contribution in [3.63, 3.8) is 0 Å². The van der Waals surface area contributed by atoms with Gasteiger partial charge in [0.05, 0.1) is 18.2 Å². The van der Waals surface area contributed by atoms with Gasteiger partial charge in [-0.2, -0.15) is 0 Å². The lowest BCUT2D eigenvalue weighted by molar-refractivity contribution is -0.139. The molecule has 0 saturated carbocycles. The van der Waals surface area contributed by atoms with Crippen molar-refractivity contribution in [2.24, 2.45) is 0 Å². The lowest BCUT2D eigenvalue weighted by Gasteiger charge is -2.29. The minimum Gasteiger partial charge on any atom is -0.489 e. The Morgan fingerprint density at radius 2 is 1.90 bits per heavy atom. The molecule has 1 unspecified atom stereocenters. The molecule has 1 aliphatic heterocycles. The molecule has 0 aliphatic carbocycles. The van der Waals surface area contributed by atoms with E-state index < -0.39 is 12.0 Å². The quantitative estimate of drug-likeness (QED) is 0.587. The van der Waals surface area contributed by atoms with Gasteiger partial charge in [-0.15, -0.1) is 0 Å². The summed E-state index contributed by atoms with van der Waals surface area (Å²) in [6.45, 7) is 4.38. The van der Waals surface area contributed by atoms with Gasteiger partial charge in [0.25, 0.3) is 0 Å². The fourth-order valence-electron chi connectivity index (χ4n) is 3.30. The van der Waals surface area contributed by atoms with Crippen LogP contribution in [0, 0.1) is 0 Å². The largest absolute Gasteiger partial charge is 0.489 e. The molecular formula is C23H25ClN2O4. The van der Waals surface area contributed by atoms with Crippen molar-refractivity contribution in [2.45, 2.75) is 39.3 Å². The molecule has 2 N–H and O–H groups in total. The summed E-state index contributed by atoms with van der Waals surface area (Å²) in [5, 5.41) is 6.27. The van der Waals surface area contributed by atoms with Crippen LogP contribution in [0.15, 0.2) is 59.8 Å². The Kier molecular flexibility index (Phi) is 7.36. The number of hydrogen-bond donors (Lipinski definition) is 2. The first-order chi connectivity index (χ1) is 14.5. The standard InChI is InChI=1S/C23H25ClN2O4/c1-3-6-19-20(22(27)29-4-2)21(26-23(28)25-19)16-7-5-8-18(13-16)30-14-15-9-11-17(24)12-10-15/h5,7-13,21H,3-4,6,14H2,1-2H3,(H2,25,26,28). The molecule has 0 saturated heterocycles. The molecule has 0 radical (unpaired) electrons. The van der Waals surface area contributed by atoms with Gasteiger partial charge in [0.15, 0.2) is 0 Å². The van der Waals surface area contributed by atoms with Crippen molar-refractivity contribution in [1.29, 1.82) is 0 Å². The molecule has 2 aromatic rings. The van der Waals surface area contributed by atoms with Gasteiger partial charge >= 0.3 is 12.0 Å². The number of rotatable bonds is 8. The highest BCUT2D eigenvalue weighted by molar-refractivity contribution is 6.30. The zero-order valence-electron chi connectivity index (χ0n) is 17.0. The van der Waals surface area contributed by atoms with E-state index >= 15 is 0 Å². The molecule has 1 atom stereocenters. The smallest absolute Gasteiger partial charge is 0.338 e. The number of hydrogen-bond acceptors (Lipinski definition) is 4. The van der Waals surface area contributed by atoms with Crippen molar-refractivity contribution < 1.29 is 19.1 Å². The molecule has 1 aliphatic rings. The van der Waals surface area contributed by atoms with Crippen LogP contribution >= 0.6 is 11.6 Å². The van der Waals surface area contributed by atoms with Crippen LogP contribution in [0.4, 0.5) is 4.79 Å². The van der Waals surface area contributed by atoms with Crippen LogP contribution in [-0.4, -0.2) is 18.6 Å². The number of allylic oxidation sites excluding steroid dienone is 1. The van der Waals surface area contributed by atoms with Crippen LogP contribution in [0.3, 0.4) is 0 Å². The molecule has 1 heterocycles. The maximum atomic E-state index is 12.7. The van der Waals surface area contributed by atoms with E-state index in [4.69, 9.17) is 21.1 Å². The predicted octanol–water partition coefficient (Wildman–Crippen LogP) is 4.89. The van der Waals surface area contributed by atoms with Crippen LogP contribution in [-0.2, 0) is 16.1 Å². The highest BCUT2D eigenvalue weighted by Crippen LogP contribution is 2.31. The first kappa shape index (κ1) is 21.7. The topological polar surface area (TPSA) is 76.7 Å². The van der Waals surface area contributed by atoms with Crippen molar-refractivity contribution >= 4 is 23.6 Å². The van der Waals surface area contributed by atoms with Crippen LogP contribution in [0.2, 0.25) is 5.02 Å². The van der Waals surface area contributed by atoms with E-state index in [-0.39, 0.29) is 12.6 Å². The lowest BCUT2D eigenvalue weighted by atomic mass is 9.93. The number of carbonyl (C=O) groups excluding carboxylic acids is 2. The maximum Gasteiger partial charge on any atom is 0.338 e. The van der Waals surface area contributed by atoms with Gasteiger partial charge in [0.2, 0.25) is 0 Å². The summed E-state index contributed by atoms with van der Waals surface area (Å²) in [7, 11) is 0. The maximum absolute atomic E-state index is 12.7. The first-order valence-electron chi connectivity index (χ1n) is 9.96. The Bertz CT molecular complexity index is 940. The highest BCUT2D eigenvalue weighted by atomic mass is 35.5. The SMILES string of the molecule is CCCC1=C(C(=O)OCC)C(c2cccc(OCc3ccc(Cl)cc3)c2)NC(=O)N1. The van der Waals surface area contributed by atoms with Crippen molar-refractivity contribution in [2.75, 3.05) is 6.61 Å². The van der Waals surface area contributed by atoms with Gasteiger partial charge in [-0.3, -0.25) is 0 Å². The number of halogens is 1. The molecule has 2 aromatic carbocycles. The Morgan fingerprint density at radius 1 is 1.13 bits per heavy atom. The Balaban J connectivity index is 1.87. The molecule has 6 nitrogen and oxygen atoms in total. The van der Waals surface area contributed by atoms with Crippen LogP contribution in [0.5, 0.6) is 5.75 Å². The second kappa shape index (κ2) is 10.2. The molecular weight excluding hydrogens is 404 g/mol. The van der Waals surface area contributed by atoms with E-state index in [0.717, 1.165) is 17.5 Å². The van der Waals surface area contributed by atoms with Crippen molar-refractivity contribution in [3.8, 4) is 5.75 Å². The van der Waals surface area contributed by atoms with Gasteiger partial charge in [-0.05, 0) is 48.7 Å². The number of benzene rings is 2. The number of carbonyl (C=O) groups is 2. The molecule has 0 aromatic heterocycles. The minimum absolute atomic E-state index is 0.257. The van der Waals surface area contributed by atoms with Gasteiger partial charge in [0.1, 0.15) is 12.4 Å². The number of nitrogens with one attached hydrogen (secondary N) is 2. The third kappa shape index (κ3) is 5.33. The van der Waals surface area contributed by atoms with Crippen LogP contribution < -0.4 is 15.4 Å². The zero-order chi connectivity index (χ0) is 21.5. The summed E-state index contributed by atoms with van der Waals surface area (Å²) in [4.78, 5) is 24.9. The van der Waals surface area contributed by atoms with Gasteiger partial charge in [0, 0.05) is 10.7 Å². The number of ether oxygens (including phenoxy) is 2. The molecule has 30 heavy (non-hydrogen) atoms. The number of amides is 2. The number of esters is 1.